The van der Waals surface area contributed by atoms with Gasteiger partial charge < -0.3 is 9.84 Å². The first-order valence-corrected chi connectivity index (χ1v) is 6.23. The van der Waals surface area contributed by atoms with Crippen LogP contribution >= 0.6 is 0 Å². The largest absolute Gasteiger partial charge is 0.481 e. The predicted molar refractivity (Wildman–Crippen MR) is 60.4 cm³/mol. The first kappa shape index (κ1) is 11.9. The molecule has 1 aliphatic heterocycles. The molecule has 1 saturated heterocycles. The fraction of sp³-hybridized carbons (Fsp3) is 0.917. The number of aliphatic carboxylic acids is 1. The number of nitrogens with zero attached hydrogens (tertiary/aromatic N) is 1. The summed E-state index contributed by atoms with van der Waals surface area (Å²) in [6, 6.07) is 0.657. The summed E-state index contributed by atoms with van der Waals surface area (Å²) in [5.41, 5.74) is 0. The Bertz CT molecular complexity index is 257. The van der Waals surface area contributed by atoms with Crippen molar-refractivity contribution in [2.45, 2.75) is 44.7 Å². The van der Waals surface area contributed by atoms with Crippen LogP contribution in [0.3, 0.4) is 0 Å². The maximum Gasteiger partial charge on any atom is 0.305 e. The van der Waals surface area contributed by atoms with Crippen LogP contribution in [0.1, 0.15) is 32.6 Å². The summed E-state index contributed by atoms with van der Waals surface area (Å²) in [6.07, 6.45) is 3.99. The summed E-state index contributed by atoms with van der Waals surface area (Å²) < 4.78 is 5.40. The highest BCUT2D eigenvalue weighted by Crippen LogP contribution is 2.32. The number of rotatable bonds is 3. The highest BCUT2D eigenvalue weighted by molar-refractivity contribution is 5.67. The second-order valence-corrected chi connectivity index (χ2v) is 5.04. The highest BCUT2D eigenvalue weighted by Gasteiger charge is 2.35. The molecule has 0 radical (unpaired) electrons. The van der Waals surface area contributed by atoms with Crippen LogP contribution in [0.5, 0.6) is 0 Å². The number of hydrogen-bond acceptors (Lipinski definition) is 3. The van der Waals surface area contributed by atoms with Crippen LogP contribution in [0.2, 0.25) is 0 Å². The lowest BCUT2D eigenvalue weighted by molar-refractivity contribution is -0.141. The molecule has 0 bridgehead atoms. The van der Waals surface area contributed by atoms with Gasteiger partial charge in [-0.15, -0.1) is 0 Å². The molecule has 4 heteroatoms. The minimum absolute atomic E-state index is 0.0804. The second-order valence-electron chi connectivity index (χ2n) is 5.04. The fourth-order valence-corrected chi connectivity index (χ4v) is 3.10. The zero-order valence-corrected chi connectivity index (χ0v) is 9.89. The standard InChI is InChI=1S/C12H21NO3/c1-9-3-2-4-11(9)13-5-6-16-8-10(13)7-12(14)15/h9-11H,2-8H2,1H3,(H,14,15). The van der Waals surface area contributed by atoms with Gasteiger partial charge in [-0.2, -0.15) is 0 Å². The predicted octanol–water partition coefficient (Wildman–Crippen LogP) is 1.35. The van der Waals surface area contributed by atoms with Crippen molar-refractivity contribution in [1.82, 2.24) is 4.90 Å². The number of morpholine rings is 1. The van der Waals surface area contributed by atoms with Crippen molar-refractivity contribution >= 4 is 5.97 Å². The van der Waals surface area contributed by atoms with Crippen LogP contribution in [0.25, 0.3) is 0 Å². The minimum atomic E-state index is -0.717. The van der Waals surface area contributed by atoms with Crippen molar-refractivity contribution in [3.63, 3.8) is 0 Å². The second kappa shape index (κ2) is 5.15. The topological polar surface area (TPSA) is 49.8 Å². The highest BCUT2D eigenvalue weighted by atomic mass is 16.5. The van der Waals surface area contributed by atoms with Crippen molar-refractivity contribution in [1.29, 1.82) is 0 Å². The third-order valence-electron chi connectivity index (χ3n) is 3.93. The molecule has 0 aromatic rings. The van der Waals surface area contributed by atoms with E-state index in [0.717, 1.165) is 13.2 Å². The van der Waals surface area contributed by atoms with Crippen LogP contribution < -0.4 is 0 Å². The van der Waals surface area contributed by atoms with Gasteiger partial charge in [0, 0.05) is 18.6 Å². The molecular formula is C12H21NO3. The van der Waals surface area contributed by atoms with Crippen molar-refractivity contribution < 1.29 is 14.6 Å². The maximum atomic E-state index is 10.8. The van der Waals surface area contributed by atoms with E-state index in [9.17, 15) is 4.79 Å². The van der Waals surface area contributed by atoms with E-state index in [-0.39, 0.29) is 12.5 Å². The van der Waals surface area contributed by atoms with Crippen LogP contribution in [0.4, 0.5) is 0 Å². The average Bonchev–Trinajstić information content (AvgIpc) is 2.64. The summed E-state index contributed by atoms with van der Waals surface area (Å²) >= 11 is 0. The number of carboxylic acid groups (broad SMARTS) is 1. The number of carboxylic acids is 1. The van der Waals surface area contributed by atoms with E-state index in [2.05, 4.69) is 11.8 Å². The van der Waals surface area contributed by atoms with Gasteiger partial charge in [0.2, 0.25) is 0 Å². The smallest absolute Gasteiger partial charge is 0.305 e. The Hall–Kier alpha value is -0.610. The van der Waals surface area contributed by atoms with Crippen LogP contribution in [-0.4, -0.2) is 47.8 Å². The summed E-state index contributed by atoms with van der Waals surface area (Å²) in [7, 11) is 0. The lowest BCUT2D eigenvalue weighted by Crippen LogP contribution is -2.52. The van der Waals surface area contributed by atoms with E-state index in [4.69, 9.17) is 9.84 Å². The Morgan fingerprint density at radius 1 is 1.50 bits per heavy atom. The van der Waals surface area contributed by atoms with E-state index in [0.29, 0.717) is 18.6 Å². The molecule has 1 saturated carbocycles. The van der Waals surface area contributed by atoms with E-state index < -0.39 is 5.97 Å². The lowest BCUT2D eigenvalue weighted by Gasteiger charge is -2.40. The van der Waals surface area contributed by atoms with Gasteiger partial charge in [0.1, 0.15) is 0 Å². The molecule has 1 aliphatic carbocycles. The van der Waals surface area contributed by atoms with E-state index in [1.807, 2.05) is 0 Å². The number of ether oxygens (including phenoxy) is 1. The molecule has 0 spiro atoms. The number of carbonyl (C=O) groups is 1. The van der Waals surface area contributed by atoms with Gasteiger partial charge in [-0.1, -0.05) is 13.3 Å². The summed E-state index contributed by atoms with van der Waals surface area (Å²) in [5, 5.41) is 8.91. The van der Waals surface area contributed by atoms with Gasteiger partial charge in [-0.05, 0) is 18.8 Å². The fourth-order valence-electron chi connectivity index (χ4n) is 3.10. The first-order chi connectivity index (χ1) is 7.68. The Morgan fingerprint density at radius 3 is 2.94 bits per heavy atom. The Balaban J connectivity index is 2.00. The summed E-state index contributed by atoms with van der Waals surface area (Å²) in [6.45, 7) is 4.51. The van der Waals surface area contributed by atoms with Crippen molar-refractivity contribution in [2.75, 3.05) is 19.8 Å². The summed E-state index contributed by atoms with van der Waals surface area (Å²) in [4.78, 5) is 13.2. The molecule has 3 atom stereocenters. The zero-order valence-electron chi connectivity index (χ0n) is 9.89. The number of hydrogen-bond donors (Lipinski definition) is 1. The van der Waals surface area contributed by atoms with Gasteiger partial charge in [0.15, 0.2) is 0 Å². The van der Waals surface area contributed by atoms with Gasteiger partial charge in [-0.25, -0.2) is 0 Å². The van der Waals surface area contributed by atoms with Gasteiger partial charge >= 0.3 is 5.97 Å². The monoisotopic (exact) mass is 227 g/mol. The molecule has 1 N–H and O–H groups in total. The van der Waals surface area contributed by atoms with Crippen molar-refractivity contribution in [2.24, 2.45) is 5.92 Å². The molecule has 0 aromatic heterocycles. The van der Waals surface area contributed by atoms with Crippen LogP contribution in [0, 0.1) is 5.92 Å². The molecule has 0 aromatic carbocycles. The van der Waals surface area contributed by atoms with Crippen LogP contribution in [0.15, 0.2) is 0 Å². The van der Waals surface area contributed by atoms with E-state index in [1.54, 1.807) is 0 Å². The first-order valence-electron chi connectivity index (χ1n) is 6.23. The molecular weight excluding hydrogens is 206 g/mol. The van der Waals surface area contributed by atoms with Gasteiger partial charge in [0.25, 0.3) is 0 Å². The van der Waals surface area contributed by atoms with E-state index in [1.165, 1.54) is 19.3 Å². The normalized spacial score (nSPS) is 36.4. The molecule has 16 heavy (non-hydrogen) atoms. The third-order valence-corrected chi connectivity index (χ3v) is 3.93. The van der Waals surface area contributed by atoms with Crippen LogP contribution in [-0.2, 0) is 9.53 Å². The molecule has 92 valence electrons. The SMILES string of the molecule is CC1CCCC1N1CCOCC1CC(=O)O. The third kappa shape index (κ3) is 2.55. The molecule has 2 rings (SSSR count). The lowest BCUT2D eigenvalue weighted by atomic mass is 10.0. The van der Waals surface area contributed by atoms with Gasteiger partial charge in [0.05, 0.1) is 19.6 Å². The molecule has 2 fully saturated rings. The Labute approximate surface area is 96.6 Å². The summed E-state index contributed by atoms with van der Waals surface area (Å²) in [5.74, 6) is -0.0134. The Morgan fingerprint density at radius 2 is 2.31 bits per heavy atom. The maximum absolute atomic E-state index is 10.8. The molecule has 4 nitrogen and oxygen atoms in total. The molecule has 2 aliphatic rings. The minimum Gasteiger partial charge on any atom is -0.481 e. The molecule has 3 unspecified atom stereocenters. The average molecular weight is 227 g/mol. The molecule has 1 heterocycles. The molecule has 0 amide bonds. The quantitative estimate of drug-likeness (QED) is 0.790. The van der Waals surface area contributed by atoms with Crippen molar-refractivity contribution in [3.8, 4) is 0 Å². The van der Waals surface area contributed by atoms with Crippen molar-refractivity contribution in [3.05, 3.63) is 0 Å². The zero-order chi connectivity index (χ0) is 11.5. The Kier molecular flexibility index (Phi) is 3.82. The van der Waals surface area contributed by atoms with Gasteiger partial charge in [-0.3, -0.25) is 9.69 Å². The van der Waals surface area contributed by atoms with E-state index >= 15 is 0 Å².